The van der Waals surface area contributed by atoms with Gasteiger partial charge in [-0.05, 0) is 38.2 Å². The third kappa shape index (κ3) is 3.53. The van der Waals surface area contributed by atoms with Crippen molar-refractivity contribution in [2.24, 2.45) is 0 Å². The number of nitrogens with one attached hydrogen (secondary N) is 1. The Morgan fingerprint density at radius 3 is 2.29 bits per heavy atom. The zero-order valence-electron chi connectivity index (χ0n) is 14.5. The van der Waals surface area contributed by atoms with Crippen molar-refractivity contribution >= 4 is 39.3 Å². The summed E-state index contributed by atoms with van der Waals surface area (Å²) in [5.41, 5.74) is 4.44. The van der Waals surface area contributed by atoms with Crippen LogP contribution in [0.4, 0.5) is 4.79 Å². The van der Waals surface area contributed by atoms with Crippen LogP contribution in [0.1, 0.15) is 28.1 Å². The third-order valence-electron chi connectivity index (χ3n) is 4.60. The van der Waals surface area contributed by atoms with Gasteiger partial charge in [-0.3, -0.25) is 0 Å². The molecule has 0 saturated carbocycles. The van der Waals surface area contributed by atoms with Crippen LogP contribution in [0, 0.1) is 0 Å². The van der Waals surface area contributed by atoms with Crippen LogP contribution in [0.2, 0.25) is 0 Å². The van der Waals surface area contributed by atoms with Crippen LogP contribution in [0.25, 0.3) is 11.1 Å². The number of carboxylic acids is 1. The lowest BCUT2D eigenvalue weighted by Gasteiger charge is -2.16. The highest BCUT2D eigenvalue weighted by Crippen LogP contribution is 2.44. The maximum absolute atomic E-state index is 12.3. The molecule has 6 nitrogen and oxygen atoms in total. The smallest absolute Gasteiger partial charge is 0.408 e. The number of hydrogen-bond donors (Lipinski definition) is 2. The van der Waals surface area contributed by atoms with E-state index in [9.17, 15) is 14.7 Å². The largest absolute Gasteiger partial charge is 0.479 e. The summed E-state index contributed by atoms with van der Waals surface area (Å²) < 4.78 is 6.08. The van der Waals surface area contributed by atoms with E-state index in [1.54, 1.807) is 0 Å². The number of nitrogens with zero attached hydrogens (tertiary/aromatic N) is 1. The molecule has 1 unspecified atom stereocenters. The van der Waals surface area contributed by atoms with Crippen molar-refractivity contribution in [3.8, 4) is 11.1 Å². The van der Waals surface area contributed by atoms with Gasteiger partial charge in [-0.2, -0.15) is 0 Å². The van der Waals surface area contributed by atoms with Crippen molar-refractivity contribution in [3.63, 3.8) is 0 Å². The summed E-state index contributed by atoms with van der Waals surface area (Å²) >= 11 is 4.39. The summed E-state index contributed by atoms with van der Waals surface area (Å²) in [5, 5.41) is 12.1. The quantitative estimate of drug-likeness (QED) is 0.584. The second-order valence-corrected chi connectivity index (χ2v) is 8.69. The zero-order valence-corrected chi connectivity index (χ0v) is 16.9. The first-order valence-electron chi connectivity index (χ1n) is 8.50. The summed E-state index contributed by atoms with van der Waals surface area (Å²) in [7, 11) is 0. The number of amides is 1. The van der Waals surface area contributed by atoms with E-state index < -0.39 is 18.1 Å². The van der Waals surface area contributed by atoms with Crippen molar-refractivity contribution in [3.05, 3.63) is 74.6 Å². The number of ether oxygens (including phenoxy) is 1. The van der Waals surface area contributed by atoms with Gasteiger partial charge in [0.2, 0.25) is 0 Å². The lowest BCUT2D eigenvalue weighted by Crippen LogP contribution is -2.34. The molecule has 2 N–H and O–H groups in total. The number of thiazole rings is 1. The number of fused-ring (bicyclic) bond motifs is 3. The molecule has 1 amide bonds. The van der Waals surface area contributed by atoms with Gasteiger partial charge < -0.3 is 15.2 Å². The maximum Gasteiger partial charge on any atom is 0.408 e. The Hall–Kier alpha value is -2.71. The first-order chi connectivity index (χ1) is 13.5. The molecule has 0 fully saturated rings. The number of rotatable bonds is 5. The van der Waals surface area contributed by atoms with Crippen molar-refractivity contribution in [2.45, 2.75) is 12.0 Å². The van der Waals surface area contributed by atoms with E-state index in [1.807, 2.05) is 36.4 Å². The van der Waals surface area contributed by atoms with Gasteiger partial charge in [-0.1, -0.05) is 48.5 Å². The van der Waals surface area contributed by atoms with E-state index in [4.69, 9.17) is 4.74 Å². The van der Waals surface area contributed by atoms with E-state index in [2.05, 4.69) is 38.4 Å². The molecule has 2 aromatic carbocycles. The number of aromatic nitrogens is 1. The first-order valence-corrected chi connectivity index (χ1v) is 10.1. The Bertz CT molecular complexity index is 1010. The Balaban J connectivity index is 1.48. The Morgan fingerprint density at radius 1 is 1.14 bits per heavy atom. The van der Waals surface area contributed by atoms with E-state index in [0.717, 1.165) is 33.6 Å². The van der Waals surface area contributed by atoms with Crippen LogP contribution >= 0.6 is 27.3 Å². The van der Waals surface area contributed by atoms with Crippen LogP contribution < -0.4 is 5.32 Å². The highest BCUT2D eigenvalue weighted by molar-refractivity contribution is 9.11. The van der Waals surface area contributed by atoms with Crippen LogP contribution in [0.15, 0.2) is 58.5 Å². The fourth-order valence-electron chi connectivity index (χ4n) is 3.39. The van der Waals surface area contributed by atoms with Gasteiger partial charge in [0, 0.05) is 5.92 Å². The maximum atomic E-state index is 12.3. The van der Waals surface area contributed by atoms with Crippen molar-refractivity contribution in [2.75, 3.05) is 6.61 Å². The van der Waals surface area contributed by atoms with Gasteiger partial charge >= 0.3 is 12.1 Å². The SMILES string of the molecule is O=C(NC(C(=O)O)c1ncc(Br)s1)OCC1c2ccccc2-c2ccccc21. The molecule has 0 bridgehead atoms. The van der Waals surface area contributed by atoms with E-state index in [-0.39, 0.29) is 17.5 Å². The van der Waals surface area contributed by atoms with Gasteiger partial charge in [-0.25, -0.2) is 14.6 Å². The Morgan fingerprint density at radius 2 is 1.75 bits per heavy atom. The molecule has 28 heavy (non-hydrogen) atoms. The molecule has 3 aromatic rings. The number of carbonyl (C=O) groups is 2. The van der Waals surface area contributed by atoms with Crippen molar-refractivity contribution < 1.29 is 19.4 Å². The predicted octanol–water partition coefficient (Wildman–Crippen LogP) is 4.57. The standard InChI is InChI=1S/C20H15BrN2O4S/c21-16-9-22-18(28-16)17(19(24)25)23-20(26)27-10-15-13-7-3-1-5-11(13)12-6-2-4-8-14(12)15/h1-9,15,17H,10H2,(H,23,26)(H,24,25). The third-order valence-corrected chi connectivity index (χ3v) is 6.14. The first kappa shape index (κ1) is 18.6. The molecule has 8 heteroatoms. The topological polar surface area (TPSA) is 88.5 Å². The average Bonchev–Trinajstić information content (AvgIpc) is 3.26. The lowest BCUT2D eigenvalue weighted by molar-refractivity contribution is -0.139. The summed E-state index contributed by atoms with van der Waals surface area (Å²) in [5.74, 6) is -1.29. The molecule has 1 heterocycles. The van der Waals surface area contributed by atoms with Crippen molar-refractivity contribution in [1.29, 1.82) is 0 Å². The number of benzene rings is 2. The molecule has 1 atom stereocenters. The predicted molar refractivity (Wildman–Crippen MR) is 108 cm³/mol. The average molecular weight is 459 g/mol. The minimum Gasteiger partial charge on any atom is -0.479 e. The molecule has 142 valence electrons. The lowest BCUT2D eigenvalue weighted by atomic mass is 9.98. The van der Waals surface area contributed by atoms with Gasteiger partial charge in [0.25, 0.3) is 0 Å². The van der Waals surface area contributed by atoms with E-state index in [0.29, 0.717) is 3.79 Å². The molecule has 1 aliphatic rings. The summed E-state index contributed by atoms with van der Waals surface area (Å²) in [6, 6.07) is 14.8. The normalized spacial score (nSPS) is 13.5. The van der Waals surface area contributed by atoms with Crippen LogP contribution in [0.3, 0.4) is 0 Å². The van der Waals surface area contributed by atoms with Gasteiger partial charge in [0.05, 0.1) is 9.98 Å². The fourth-order valence-corrected chi connectivity index (χ4v) is 4.68. The number of alkyl carbamates (subject to hydrolysis) is 1. The molecule has 4 rings (SSSR count). The molecular weight excluding hydrogens is 444 g/mol. The molecule has 0 saturated heterocycles. The Kier molecular flexibility index (Phi) is 5.15. The van der Waals surface area contributed by atoms with Crippen LogP contribution in [-0.2, 0) is 9.53 Å². The van der Waals surface area contributed by atoms with Gasteiger partial charge in [-0.15, -0.1) is 11.3 Å². The number of halogens is 1. The number of carbonyl (C=O) groups excluding carboxylic acids is 1. The molecular formula is C20H15BrN2O4S. The van der Waals surface area contributed by atoms with Gasteiger partial charge in [0.15, 0.2) is 6.04 Å². The minimum absolute atomic E-state index is 0.0876. The summed E-state index contributed by atoms with van der Waals surface area (Å²) in [6.45, 7) is 0.119. The highest BCUT2D eigenvalue weighted by atomic mass is 79.9. The molecule has 1 aliphatic carbocycles. The fraction of sp³-hybridized carbons (Fsp3) is 0.150. The Labute approximate surface area is 173 Å². The van der Waals surface area contributed by atoms with Gasteiger partial charge in [0.1, 0.15) is 11.6 Å². The van der Waals surface area contributed by atoms with Crippen LogP contribution in [-0.4, -0.2) is 28.8 Å². The molecule has 0 radical (unpaired) electrons. The molecule has 0 aliphatic heterocycles. The van der Waals surface area contributed by atoms with Crippen LogP contribution in [0.5, 0.6) is 0 Å². The summed E-state index contributed by atoms with van der Waals surface area (Å²) in [6.07, 6.45) is 0.704. The van der Waals surface area contributed by atoms with E-state index >= 15 is 0 Å². The second kappa shape index (κ2) is 7.73. The van der Waals surface area contributed by atoms with Crippen molar-refractivity contribution in [1.82, 2.24) is 10.3 Å². The monoisotopic (exact) mass is 458 g/mol. The minimum atomic E-state index is -1.26. The molecule has 1 aromatic heterocycles. The number of hydrogen-bond acceptors (Lipinski definition) is 5. The highest BCUT2D eigenvalue weighted by Gasteiger charge is 2.30. The number of aliphatic carboxylic acids is 1. The molecule has 0 spiro atoms. The zero-order chi connectivity index (χ0) is 19.7. The van der Waals surface area contributed by atoms with E-state index in [1.165, 1.54) is 6.20 Å². The second-order valence-electron chi connectivity index (χ2n) is 6.24. The summed E-state index contributed by atoms with van der Waals surface area (Å²) in [4.78, 5) is 27.8. The number of carboxylic acid groups (broad SMARTS) is 1.